The zero-order valence-corrected chi connectivity index (χ0v) is 13.3. The summed E-state index contributed by atoms with van der Waals surface area (Å²) in [6.45, 7) is 3.72. The molecule has 22 heavy (non-hydrogen) atoms. The molecule has 0 radical (unpaired) electrons. The van der Waals surface area contributed by atoms with E-state index in [-0.39, 0.29) is 10.6 Å². The van der Waals surface area contributed by atoms with Crippen molar-refractivity contribution in [2.75, 3.05) is 0 Å². The number of hydrazone groups is 1. The van der Waals surface area contributed by atoms with Crippen LogP contribution in [-0.2, 0) is 10.0 Å². The fraction of sp³-hybridized carbons (Fsp3) is 0.188. The average molecular weight is 318 g/mol. The van der Waals surface area contributed by atoms with E-state index in [1.165, 1.54) is 18.2 Å². The largest absolute Gasteiger partial charge is 0.507 e. The maximum atomic E-state index is 12.2. The predicted molar refractivity (Wildman–Crippen MR) is 86.4 cm³/mol. The zero-order chi connectivity index (χ0) is 16.2. The number of nitrogens with one attached hydrogen (secondary N) is 1. The van der Waals surface area contributed by atoms with Gasteiger partial charge in [0.05, 0.1) is 10.6 Å². The lowest BCUT2D eigenvalue weighted by atomic mass is 10.1. The first kappa shape index (κ1) is 16.0. The molecule has 0 fully saturated rings. The molecule has 0 bridgehead atoms. The summed E-state index contributed by atoms with van der Waals surface area (Å²) >= 11 is 0. The molecule has 0 unspecified atom stereocenters. The van der Waals surface area contributed by atoms with Crippen molar-refractivity contribution in [1.82, 2.24) is 4.83 Å². The fourth-order valence-corrected chi connectivity index (χ4v) is 2.76. The molecule has 116 valence electrons. The van der Waals surface area contributed by atoms with Gasteiger partial charge in [-0.3, -0.25) is 0 Å². The molecule has 0 amide bonds. The lowest BCUT2D eigenvalue weighted by Crippen LogP contribution is -2.20. The van der Waals surface area contributed by atoms with Gasteiger partial charge in [0.25, 0.3) is 10.0 Å². The summed E-state index contributed by atoms with van der Waals surface area (Å²) in [5.41, 5.74) is 1.95. The van der Waals surface area contributed by atoms with Crippen molar-refractivity contribution in [3.63, 3.8) is 0 Å². The molecule has 2 aromatic carbocycles. The van der Waals surface area contributed by atoms with Gasteiger partial charge in [-0.2, -0.15) is 18.4 Å². The molecule has 2 aromatic rings. The minimum Gasteiger partial charge on any atom is -0.507 e. The molecule has 0 aliphatic carbocycles. The van der Waals surface area contributed by atoms with Crippen LogP contribution in [0.25, 0.3) is 0 Å². The summed E-state index contributed by atoms with van der Waals surface area (Å²) in [4.78, 5) is 2.37. The van der Waals surface area contributed by atoms with Gasteiger partial charge in [-0.1, -0.05) is 36.8 Å². The number of nitrogens with zero attached hydrogens (tertiary/aromatic N) is 1. The van der Waals surface area contributed by atoms with E-state index in [9.17, 15) is 13.5 Å². The van der Waals surface area contributed by atoms with E-state index in [0.717, 1.165) is 5.56 Å². The standard InChI is InChI=1S/C16H18N2O3S/c1-3-15(14-6-4-5-7-16(14)19)17-18-22(20,21)13-10-8-12(2)9-11-13/h4-11,18-19H,3H2,1-2H3/b17-15-. The molecular weight excluding hydrogens is 300 g/mol. The van der Waals surface area contributed by atoms with E-state index in [0.29, 0.717) is 17.7 Å². The highest BCUT2D eigenvalue weighted by molar-refractivity contribution is 7.89. The van der Waals surface area contributed by atoms with Crippen molar-refractivity contribution in [2.45, 2.75) is 25.2 Å². The van der Waals surface area contributed by atoms with E-state index in [2.05, 4.69) is 9.93 Å². The highest BCUT2D eigenvalue weighted by atomic mass is 32.2. The maximum Gasteiger partial charge on any atom is 0.276 e. The number of sulfonamides is 1. The number of aromatic hydroxyl groups is 1. The Morgan fingerprint density at radius 3 is 2.36 bits per heavy atom. The first-order valence-corrected chi connectivity index (χ1v) is 8.35. The lowest BCUT2D eigenvalue weighted by Gasteiger charge is -2.08. The average Bonchev–Trinajstić information content (AvgIpc) is 2.50. The molecule has 2 N–H and O–H groups in total. The number of hydrogen-bond acceptors (Lipinski definition) is 4. The smallest absolute Gasteiger partial charge is 0.276 e. The molecule has 0 heterocycles. The summed E-state index contributed by atoms with van der Waals surface area (Å²) < 4.78 is 24.4. The first-order chi connectivity index (χ1) is 10.4. The highest BCUT2D eigenvalue weighted by Crippen LogP contribution is 2.18. The number of aryl methyl sites for hydroxylation is 1. The van der Waals surface area contributed by atoms with Gasteiger partial charge in [-0.05, 0) is 37.6 Å². The van der Waals surface area contributed by atoms with E-state index in [1.54, 1.807) is 30.3 Å². The summed E-state index contributed by atoms with van der Waals surface area (Å²) in [5.74, 6) is 0.0673. The van der Waals surface area contributed by atoms with E-state index in [4.69, 9.17) is 0 Å². The summed E-state index contributed by atoms with van der Waals surface area (Å²) in [7, 11) is -3.72. The van der Waals surface area contributed by atoms with Gasteiger partial charge in [-0.15, -0.1) is 0 Å². The van der Waals surface area contributed by atoms with Crippen LogP contribution in [0, 0.1) is 6.92 Å². The molecule has 0 aliphatic heterocycles. The topological polar surface area (TPSA) is 78.8 Å². The molecule has 0 atom stereocenters. The minimum atomic E-state index is -3.72. The molecule has 0 aromatic heterocycles. The molecular formula is C16H18N2O3S. The van der Waals surface area contributed by atoms with Gasteiger partial charge in [0, 0.05) is 5.56 Å². The number of phenols is 1. The third-order valence-electron chi connectivity index (χ3n) is 3.18. The maximum absolute atomic E-state index is 12.2. The molecule has 0 spiro atoms. The van der Waals surface area contributed by atoms with Crippen molar-refractivity contribution >= 4 is 15.7 Å². The van der Waals surface area contributed by atoms with E-state index in [1.807, 2.05) is 13.8 Å². The quantitative estimate of drug-likeness (QED) is 0.657. The number of hydrogen-bond donors (Lipinski definition) is 2. The van der Waals surface area contributed by atoms with Gasteiger partial charge in [0.2, 0.25) is 0 Å². The Kier molecular flexibility index (Phi) is 4.82. The number of phenolic OH excluding ortho intramolecular Hbond substituents is 1. The van der Waals surface area contributed by atoms with Crippen LogP contribution in [0.3, 0.4) is 0 Å². The van der Waals surface area contributed by atoms with Crippen LogP contribution in [0.1, 0.15) is 24.5 Å². The van der Waals surface area contributed by atoms with Crippen LogP contribution in [0.4, 0.5) is 0 Å². The second-order valence-corrected chi connectivity index (χ2v) is 6.50. The fourth-order valence-electron chi connectivity index (χ4n) is 1.93. The van der Waals surface area contributed by atoms with Crippen molar-refractivity contribution in [3.05, 3.63) is 59.7 Å². The summed E-state index contributed by atoms with van der Waals surface area (Å²) in [6.07, 6.45) is 0.480. The van der Waals surface area contributed by atoms with E-state index < -0.39 is 10.0 Å². The summed E-state index contributed by atoms with van der Waals surface area (Å²) in [6, 6.07) is 13.2. The zero-order valence-electron chi connectivity index (χ0n) is 12.4. The van der Waals surface area contributed by atoms with Crippen molar-refractivity contribution in [1.29, 1.82) is 0 Å². The Morgan fingerprint density at radius 2 is 1.77 bits per heavy atom. The van der Waals surface area contributed by atoms with Crippen LogP contribution in [0.2, 0.25) is 0 Å². The van der Waals surface area contributed by atoms with Crippen molar-refractivity contribution in [3.8, 4) is 5.75 Å². The first-order valence-electron chi connectivity index (χ1n) is 6.87. The van der Waals surface area contributed by atoms with Crippen LogP contribution in [0.15, 0.2) is 58.5 Å². The Labute approximate surface area is 130 Å². The number of benzene rings is 2. The van der Waals surface area contributed by atoms with E-state index >= 15 is 0 Å². The Balaban J connectivity index is 2.28. The van der Waals surface area contributed by atoms with Crippen molar-refractivity contribution < 1.29 is 13.5 Å². The third-order valence-corrected chi connectivity index (χ3v) is 4.41. The van der Waals surface area contributed by atoms with Crippen LogP contribution in [-0.4, -0.2) is 19.2 Å². The lowest BCUT2D eigenvalue weighted by molar-refractivity contribution is 0.474. The number of rotatable bonds is 5. The summed E-state index contributed by atoms with van der Waals surface area (Å²) in [5, 5.41) is 13.8. The second-order valence-electron chi connectivity index (χ2n) is 4.84. The third kappa shape index (κ3) is 3.65. The highest BCUT2D eigenvalue weighted by Gasteiger charge is 2.14. The molecule has 0 saturated carbocycles. The van der Waals surface area contributed by atoms with Crippen LogP contribution in [0.5, 0.6) is 5.75 Å². The molecule has 0 saturated heterocycles. The van der Waals surface area contributed by atoms with Crippen molar-refractivity contribution in [2.24, 2.45) is 5.10 Å². The Hall–Kier alpha value is -2.34. The van der Waals surface area contributed by atoms with Gasteiger partial charge in [0.15, 0.2) is 0 Å². The Bertz CT molecular complexity index is 781. The minimum absolute atomic E-state index is 0.0673. The predicted octanol–water partition coefficient (Wildman–Crippen LogP) is 2.79. The van der Waals surface area contributed by atoms with Crippen LogP contribution >= 0.6 is 0 Å². The normalized spacial score (nSPS) is 12.2. The second kappa shape index (κ2) is 6.62. The van der Waals surface area contributed by atoms with Gasteiger partial charge >= 0.3 is 0 Å². The van der Waals surface area contributed by atoms with Gasteiger partial charge in [0.1, 0.15) is 5.75 Å². The van der Waals surface area contributed by atoms with Gasteiger partial charge in [-0.25, -0.2) is 0 Å². The SMILES string of the molecule is CC/C(=N/NS(=O)(=O)c1ccc(C)cc1)c1ccccc1O. The van der Waals surface area contributed by atoms with Crippen LogP contribution < -0.4 is 4.83 Å². The Morgan fingerprint density at radius 1 is 1.14 bits per heavy atom. The monoisotopic (exact) mass is 318 g/mol. The number of para-hydroxylation sites is 1. The molecule has 5 nitrogen and oxygen atoms in total. The molecule has 0 aliphatic rings. The molecule has 2 rings (SSSR count). The van der Waals surface area contributed by atoms with Gasteiger partial charge < -0.3 is 5.11 Å². The molecule has 6 heteroatoms.